The zero-order chi connectivity index (χ0) is 9.26. The Labute approximate surface area is 90.0 Å². The average molecular weight is 288 g/mol. The van der Waals surface area contributed by atoms with Crippen LogP contribution in [0.3, 0.4) is 0 Å². The van der Waals surface area contributed by atoms with Gasteiger partial charge >= 0.3 is 0 Å². The molecule has 0 bridgehead atoms. The van der Waals surface area contributed by atoms with Gasteiger partial charge in [-0.25, -0.2) is 9.99 Å². The van der Waals surface area contributed by atoms with Gasteiger partial charge in [-0.05, 0) is 34.7 Å². The molecule has 1 aliphatic rings. The summed E-state index contributed by atoms with van der Waals surface area (Å²) < 4.78 is 1.12. The summed E-state index contributed by atoms with van der Waals surface area (Å²) in [6.07, 6.45) is 2.65. The van der Waals surface area contributed by atoms with E-state index in [4.69, 9.17) is 5.73 Å². The largest absolute Gasteiger partial charge is 0.386 e. The van der Waals surface area contributed by atoms with Crippen molar-refractivity contribution in [3.05, 3.63) is 21.9 Å². The van der Waals surface area contributed by atoms with Crippen LogP contribution in [0.4, 0.5) is 5.82 Å². The van der Waals surface area contributed by atoms with E-state index in [1.165, 1.54) is 0 Å². The monoisotopic (exact) mass is 288 g/mol. The Morgan fingerprint density at radius 2 is 2.31 bits per heavy atom. The lowest BCUT2D eigenvalue weighted by Crippen LogP contribution is -2.13. The van der Waals surface area contributed by atoms with Crippen molar-refractivity contribution in [1.82, 2.24) is 4.98 Å². The summed E-state index contributed by atoms with van der Waals surface area (Å²) in [6.45, 7) is 0.833. The first-order chi connectivity index (χ1) is 6.25. The summed E-state index contributed by atoms with van der Waals surface area (Å²) in [5, 5.41) is 5.98. The van der Waals surface area contributed by atoms with E-state index in [1.54, 1.807) is 0 Å². The Hall–Kier alpha value is -0.850. The molecular weight excluding hydrogens is 279 g/mol. The van der Waals surface area contributed by atoms with Crippen LogP contribution in [0.1, 0.15) is 6.42 Å². The van der Waals surface area contributed by atoms with Crippen molar-refractivity contribution < 1.29 is 0 Å². The van der Waals surface area contributed by atoms with Gasteiger partial charge in [-0.2, -0.15) is 5.10 Å². The third kappa shape index (κ3) is 1.90. The minimum absolute atomic E-state index is 0.681. The fraction of sp³-hybridized carbons (Fsp3) is 0.250. The molecule has 13 heavy (non-hydrogen) atoms. The zero-order valence-electron chi connectivity index (χ0n) is 6.94. The van der Waals surface area contributed by atoms with E-state index >= 15 is 0 Å². The highest BCUT2D eigenvalue weighted by molar-refractivity contribution is 14.1. The molecule has 0 unspecified atom stereocenters. The normalized spacial score (nSPS) is 16.1. The molecular formula is C8H9IN4. The summed E-state index contributed by atoms with van der Waals surface area (Å²) in [7, 11) is 0. The Balaban J connectivity index is 2.22. The number of amidine groups is 1. The summed E-state index contributed by atoms with van der Waals surface area (Å²) in [5.41, 5.74) is 5.57. The number of pyridine rings is 1. The second-order valence-electron chi connectivity index (χ2n) is 2.80. The molecule has 0 radical (unpaired) electrons. The molecule has 1 aromatic rings. The van der Waals surface area contributed by atoms with Crippen LogP contribution in [0.15, 0.2) is 23.4 Å². The molecule has 0 amide bonds. The molecule has 5 heteroatoms. The highest BCUT2D eigenvalue weighted by atomic mass is 127. The van der Waals surface area contributed by atoms with Crippen LogP contribution < -0.4 is 10.7 Å². The Morgan fingerprint density at radius 1 is 1.46 bits per heavy atom. The van der Waals surface area contributed by atoms with Gasteiger partial charge in [0, 0.05) is 16.2 Å². The lowest BCUT2D eigenvalue weighted by molar-refractivity contribution is 0.895. The third-order valence-electron chi connectivity index (χ3n) is 1.81. The predicted octanol–water partition coefficient (Wildman–Crippen LogP) is 1.17. The van der Waals surface area contributed by atoms with E-state index in [1.807, 2.05) is 23.3 Å². The van der Waals surface area contributed by atoms with Crippen LogP contribution in [-0.2, 0) is 0 Å². The minimum atomic E-state index is 0.681. The van der Waals surface area contributed by atoms with Gasteiger partial charge in [0.05, 0.1) is 6.54 Å². The quantitative estimate of drug-likeness (QED) is 0.789. The highest BCUT2D eigenvalue weighted by Gasteiger charge is 2.13. The van der Waals surface area contributed by atoms with E-state index in [0.717, 1.165) is 22.4 Å². The summed E-state index contributed by atoms with van der Waals surface area (Å²) >= 11 is 2.22. The van der Waals surface area contributed by atoms with Crippen LogP contribution in [0.5, 0.6) is 0 Å². The van der Waals surface area contributed by atoms with Crippen molar-refractivity contribution in [2.75, 3.05) is 11.6 Å². The SMILES string of the molecule is NC1=NN(c2ccc(I)cn2)CC1. The van der Waals surface area contributed by atoms with Crippen LogP contribution in [0, 0.1) is 3.57 Å². The molecule has 0 spiro atoms. The van der Waals surface area contributed by atoms with Crippen molar-refractivity contribution in [1.29, 1.82) is 0 Å². The van der Waals surface area contributed by atoms with Crippen molar-refractivity contribution in [3.8, 4) is 0 Å². The van der Waals surface area contributed by atoms with E-state index in [9.17, 15) is 0 Å². The number of nitrogens with zero attached hydrogens (tertiary/aromatic N) is 3. The minimum Gasteiger partial charge on any atom is -0.386 e. The summed E-state index contributed by atoms with van der Waals surface area (Å²) in [5.74, 6) is 1.54. The fourth-order valence-corrected chi connectivity index (χ4v) is 1.48. The van der Waals surface area contributed by atoms with E-state index in [2.05, 4.69) is 32.7 Å². The summed E-state index contributed by atoms with van der Waals surface area (Å²) in [4.78, 5) is 4.25. The first-order valence-electron chi connectivity index (χ1n) is 3.98. The number of anilines is 1. The maximum Gasteiger partial charge on any atom is 0.148 e. The predicted molar refractivity (Wildman–Crippen MR) is 60.5 cm³/mol. The van der Waals surface area contributed by atoms with Gasteiger partial charge in [0.1, 0.15) is 11.7 Å². The number of hydrazone groups is 1. The molecule has 0 aromatic carbocycles. The number of hydrogen-bond acceptors (Lipinski definition) is 4. The molecule has 0 saturated carbocycles. The second kappa shape index (κ2) is 3.49. The zero-order valence-corrected chi connectivity index (χ0v) is 9.10. The molecule has 0 aliphatic carbocycles. The number of aromatic nitrogens is 1. The number of rotatable bonds is 1. The Bertz CT molecular complexity index is 333. The average Bonchev–Trinajstić information content (AvgIpc) is 2.53. The Morgan fingerprint density at radius 3 is 2.85 bits per heavy atom. The Kier molecular flexibility index (Phi) is 2.34. The van der Waals surface area contributed by atoms with Gasteiger partial charge in [-0.1, -0.05) is 0 Å². The lowest BCUT2D eigenvalue weighted by Gasteiger charge is -2.11. The smallest absolute Gasteiger partial charge is 0.148 e. The van der Waals surface area contributed by atoms with Crippen molar-refractivity contribution >= 4 is 34.2 Å². The topological polar surface area (TPSA) is 54.5 Å². The summed E-state index contributed by atoms with van der Waals surface area (Å²) in [6, 6.07) is 3.96. The number of halogens is 1. The number of nitrogens with two attached hydrogens (primary N) is 1. The molecule has 4 nitrogen and oxygen atoms in total. The van der Waals surface area contributed by atoms with Crippen molar-refractivity contribution in [2.45, 2.75) is 6.42 Å². The van der Waals surface area contributed by atoms with Gasteiger partial charge in [0.25, 0.3) is 0 Å². The van der Waals surface area contributed by atoms with Crippen LogP contribution in [-0.4, -0.2) is 17.4 Å². The molecule has 1 aliphatic heterocycles. The fourth-order valence-electron chi connectivity index (χ4n) is 1.16. The van der Waals surface area contributed by atoms with Crippen LogP contribution >= 0.6 is 22.6 Å². The maximum atomic E-state index is 5.57. The highest BCUT2D eigenvalue weighted by Crippen LogP contribution is 2.16. The maximum absolute atomic E-state index is 5.57. The molecule has 1 aromatic heterocycles. The molecule has 2 N–H and O–H groups in total. The van der Waals surface area contributed by atoms with Gasteiger partial charge in [-0.3, -0.25) is 0 Å². The standard InChI is InChI=1S/C8H9IN4/c9-6-1-2-8(11-5-6)13-4-3-7(10)12-13/h1-2,5H,3-4H2,(H2,10,12). The third-order valence-corrected chi connectivity index (χ3v) is 2.44. The molecule has 0 fully saturated rings. The first kappa shape index (κ1) is 8.74. The van der Waals surface area contributed by atoms with Crippen molar-refractivity contribution in [2.24, 2.45) is 10.8 Å². The van der Waals surface area contributed by atoms with Crippen LogP contribution in [0.2, 0.25) is 0 Å². The molecule has 2 rings (SSSR count). The van der Waals surface area contributed by atoms with Gasteiger partial charge in [0.2, 0.25) is 0 Å². The number of hydrogen-bond donors (Lipinski definition) is 1. The molecule has 2 heterocycles. The van der Waals surface area contributed by atoms with E-state index in [0.29, 0.717) is 5.84 Å². The lowest BCUT2D eigenvalue weighted by atomic mass is 10.4. The first-order valence-corrected chi connectivity index (χ1v) is 5.05. The van der Waals surface area contributed by atoms with Gasteiger partial charge < -0.3 is 5.73 Å². The van der Waals surface area contributed by atoms with Crippen LogP contribution in [0.25, 0.3) is 0 Å². The van der Waals surface area contributed by atoms with E-state index < -0.39 is 0 Å². The molecule has 68 valence electrons. The van der Waals surface area contributed by atoms with Crippen molar-refractivity contribution in [3.63, 3.8) is 0 Å². The second-order valence-corrected chi connectivity index (χ2v) is 4.04. The van der Waals surface area contributed by atoms with Gasteiger partial charge in [0.15, 0.2) is 0 Å². The van der Waals surface area contributed by atoms with E-state index in [-0.39, 0.29) is 0 Å². The molecule has 0 atom stereocenters. The molecule has 0 saturated heterocycles. The van der Waals surface area contributed by atoms with Gasteiger partial charge in [-0.15, -0.1) is 0 Å².